The van der Waals surface area contributed by atoms with Crippen LogP contribution < -0.4 is 5.73 Å². The SMILES string of the molecule is C=C(C)CN(CC)C(=O)c1cn(CCN)cn1. The maximum absolute atomic E-state index is 12.1. The number of nitrogens with zero attached hydrogens (tertiary/aromatic N) is 3. The highest BCUT2D eigenvalue weighted by Crippen LogP contribution is 2.04. The molecule has 94 valence electrons. The van der Waals surface area contributed by atoms with Crippen LogP contribution in [0.1, 0.15) is 24.3 Å². The Balaban J connectivity index is 2.75. The van der Waals surface area contributed by atoms with Crippen LogP contribution in [0.4, 0.5) is 0 Å². The fourth-order valence-corrected chi connectivity index (χ4v) is 1.56. The monoisotopic (exact) mass is 236 g/mol. The molecule has 1 aromatic heterocycles. The number of nitrogens with two attached hydrogens (primary N) is 1. The Morgan fingerprint density at radius 1 is 1.65 bits per heavy atom. The molecule has 0 aliphatic carbocycles. The van der Waals surface area contributed by atoms with Crippen LogP contribution in [0.25, 0.3) is 0 Å². The molecule has 0 aliphatic heterocycles. The molecule has 0 radical (unpaired) electrons. The quantitative estimate of drug-likeness (QED) is 0.746. The van der Waals surface area contributed by atoms with Crippen molar-refractivity contribution in [3.63, 3.8) is 0 Å². The molecule has 0 bridgehead atoms. The highest BCUT2D eigenvalue weighted by molar-refractivity contribution is 5.92. The average molecular weight is 236 g/mol. The van der Waals surface area contributed by atoms with Crippen molar-refractivity contribution in [1.29, 1.82) is 0 Å². The molecule has 1 aromatic rings. The van der Waals surface area contributed by atoms with E-state index in [1.807, 2.05) is 18.4 Å². The Labute approximate surface area is 102 Å². The molecule has 0 unspecified atom stereocenters. The lowest BCUT2D eigenvalue weighted by Gasteiger charge is -2.19. The molecule has 0 saturated heterocycles. The summed E-state index contributed by atoms with van der Waals surface area (Å²) in [5, 5.41) is 0. The van der Waals surface area contributed by atoms with Gasteiger partial charge in [0.2, 0.25) is 0 Å². The van der Waals surface area contributed by atoms with Crippen LogP contribution in [0.2, 0.25) is 0 Å². The third-order valence-electron chi connectivity index (χ3n) is 2.37. The van der Waals surface area contributed by atoms with Gasteiger partial charge in [-0.25, -0.2) is 4.98 Å². The lowest BCUT2D eigenvalue weighted by molar-refractivity contribution is 0.0773. The first-order valence-corrected chi connectivity index (χ1v) is 5.74. The number of hydrogen-bond acceptors (Lipinski definition) is 3. The van der Waals surface area contributed by atoms with Gasteiger partial charge in [0.15, 0.2) is 0 Å². The second kappa shape index (κ2) is 6.20. The van der Waals surface area contributed by atoms with Crippen molar-refractivity contribution in [3.05, 3.63) is 30.4 Å². The minimum Gasteiger partial charge on any atom is -0.335 e. The molecule has 0 aromatic carbocycles. The van der Waals surface area contributed by atoms with Gasteiger partial charge in [-0.2, -0.15) is 0 Å². The van der Waals surface area contributed by atoms with E-state index in [1.54, 1.807) is 17.4 Å². The second-order valence-corrected chi connectivity index (χ2v) is 4.06. The molecule has 0 aliphatic rings. The van der Waals surface area contributed by atoms with Crippen LogP contribution in [-0.2, 0) is 6.54 Å². The van der Waals surface area contributed by atoms with E-state index in [2.05, 4.69) is 11.6 Å². The standard InChI is InChI=1S/C12H20N4O/c1-4-16(7-10(2)3)12(17)11-8-15(6-5-13)9-14-11/h8-9H,2,4-7,13H2,1,3H3. The van der Waals surface area contributed by atoms with E-state index in [1.165, 1.54) is 0 Å². The van der Waals surface area contributed by atoms with Crippen molar-refractivity contribution in [3.8, 4) is 0 Å². The van der Waals surface area contributed by atoms with Crippen molar-refractivity contribution in [2.45, 2.75) is 20.4 Å². The van der Waals surface area contributed by atoms with Gasteiger partial charge >= 0.3 is 0 Å². The summed E-state index contributed by atoms with van der Waals surface area (Å²) in [6, 6.07) is 0. The Morgan fingerprint density at radius 2 is 2.35 bits per heavy atom. The molecule has 1 amide bonds. The smallest absolute Gasteiger partial charge is 0.274 e. The number of rotatable bonds is 6. The second-order valence-electron chi connectivity index (χ2n) is 4.06. The molecule has 0 saturated carbocycles. The Bertz CT molecular complexity index is 397. The van der Waals surface area contributed by atoms with Gasteiger partial charge in [-0.15, -0.1) is 0 Å². The number of hydrogen-bond donors (Lipinski definition) is 1. The third kappa shape index (κ3) is 3.71. The van der Waals surface area contributed by atoms with E-state index in [0.717, 1.165) is 5.57 Å². The van der Waals surface area contributed by atoms with E-state index in [0.29, 0.717) is 31.9 Å². The van der Waals surface area contributed by atoms with Crippen LogP contribution in [0.15, 0.2) is 24.7 Å². The molecule has 1 rings (SSSR count). The zero-order valence-electron chi connectivity index (χ0n) is 10.5. The molecular weight excluding hydrogens is 216 g/mol. The number of carbonyl (C=O) groups excluding carboxylic acids is 1. The topological polar surface area (TPSA) is 64.2 Å². The van der Waals surface area contributed by atoms with Crippen molar-refractivity contribution in [2.24, 2.45) is 5.73 Å². The molecule has 0 spiro atoms. The maximum atomic E-state index is 12.1. The molecular formula is C12H20N4O. The van der Waals surface area contributed by atoms with Crippen molar-refractivity contribution in [2.75, 3.05) is 19.6 Å². The first-order valence-electron chi connectivity index (χ1n) is 5.74. The lowest BCUT2D eigenvalue weighted by atomic mass is 10.3. The predicted octanol–water partition coefficient (Wildman–Crippen LogP) is 0.880. The summed E-state index contributed by atoms with van der Waals surface area (Å²) >= 11 is 0. The van der Waals surface area contributed by atoms with Crippen LogP contribution >= 0.6 is 0 Å². The van der Waals surface area contributed by atoms with Crippen LogP contribution in [0.5, 0.6) is 0 Å². The van der Waals surface area contributed by atoms with E-state index < -0.39 is 0 Å². The first kappa shape index (κ1) is 13.4. The summed E-state index contributed by atoms with van der Waals surface area (Å²) in [6.45, 7) is 10.1. The Kier molecular flexibility index (Phi) is 4.90. The molecule has 2 N–H and O–H groups in total. The van der Waals surface area contributed by atoms with E-state index in [9.17, 15) is 4.79 Å². The van der Waals surface area contributed by atoms with Gasteiger partial charge in [0.1, 0.15) is 5.69 Å². The van der Waals surface area contributed by atoms with Crippen molar-refractivity contribution in [1.82, 2.24) is 14.5 Å². The van der Waals surface area contributed by atoms with E-state index in [4.69, 9.17) is 5.73 Å². The highest BCUT2D eigenvalue weighted by Gasteiger charge is 2.16. The summed E-state index contributed by atoms with van der Waals surface area (Å²) in [4.78, 5) is 17.9. The Morgan fingerprint density at radius 3 is 2.88 bits per heavy atom. The van der Waals surface area contributed by atoms with Crippen molar-refractivity contribution >= 4 is 5.91 Å². The Hall–Kier alpha value is -1.62. The van der Waals surface area contributed by atoms with Crippen LogP contribution in [0, 0.1) is 0 Å². The molecule has 0 fully saturated rings. The zero-order valence-corrected chi connectivity index (χ0v) is 10.5. The van der Waals surface area contributed by atoms with Gasteiger partial charge in [0.05, 0.1) is 6.33 Å². The highest BCUT2D eigenvalue weighted by atomic mass is 16.2. The fraction of sp³-hybridized carbons (Fsp3) is 0.500. The number of amides is 1. The average Bonchev–Trinajstić information content (AvgIpc) is 2.74. The van der Waals surface area contributed by atoms with Gasteiger partial charge in [0.25, 0.3) is 5.91 Å². The maximum Gasteiger partial charge on any atom is 0.274 e. The van der Waals surface area contributed by atoms with Gasteiger partial charge in [-0.3, -0.25) is 4.79 Å². The molecule has 1 heterocycles. The summed E-state index contributed by atoms with van der Waals surface area (Å²) in [7, 11) is 0. The molecule has 0 atom stereocenters. The summed E-state index contributed by atoms with van der Waals surface area (Å²) in [5.41, 5.74) is 6.86. The normalized spacial score (nSPS) is 10.3. The largest absolute Gasteiger partial charge is 0.335 e. The number of aromatic nitrogens is 2. The first-order chi connectivity index (χ1) is 8.08. The third-order valence-corrected chi connectivity index (χ3v) is 2.37. The van der Waals surface area contributed by atoms with Crippen molar-refractivity contribution < 1.29 is 4.79 Å². The van der Waals surface area contributed by atoms with Gasteiger partial charge in [0, 0.05) is 32.4 Å². The minimum atomic E-state index is -0.0636. The van der Waals surface area contributed by atoms with Crippen LogP contribution in [-0.4, -0.2) is 40.0 Å². The summed E-state index contributed by atoms with van der Waals surface area (Å²) in [6.07, 6.45) is 3.37. The number of likely N-dealkylation sites (N-methyl/N-ethyl adjacent to an activating group) is 1. The van der Waals surface area contributed by atoms with Gasteiger partial charge in [-0.1, -0.05) is 12.2 Å². The van der Waals surface area contributed by atoms with E-state index >= 15 is 0 Å². The minimum absolute atomic E-state index is 0.0636. The molecule has 17 heavy (non-hydrogen) atoms. The van der Waals surface area contributed by atoms with Gasteiger partial charge < -0.3 is 15.2 Å². The lowest BCUT2D eigenvalue weighted by Crippen LogP contribution is -2.32. The van der Waals surface area contributed by atoms with Crippen LogP contribution in [0.3, 0.4) is 0 Å². The summed E-state index contributed by atoms with van der Waals surface area (Å²) < 4.78 is 1.82. The number of carbonyl (C=O) groups is 1. The zero-order chi connectivity index (χ0) is 12.8. The van der Waals surface area contributed by atoms with Gasteiger partial charge in [-0.05, 0) is 13.8 Å². The molecule has 5 nitrogen and oxygen atoms in total. The fourth-order valence-electron chi connectivity index (χ4n) is 1.56. The summed E-state index contributed by atoms with van der Waals surface area (Å²) in [5.74, 6) is -0.0636. The van der Waals surface area contributed by atoms with E-state index in [-0.39, 0.29) is 5.91 Å². The number of imidazole rings is 1. The predicted molar refractivity (Wildman–Crippen MR) is 67.7 cm³/mol. The molecule has 5 heteroatoms.